The first-order valence-electron chi connectivity index (χ1n) is 9.03. The first-order valence-corrected chi connectivity index (χ1v) is 9.03. The van der Waals surface area contributed by atoms with Crippen molar-refractivity contribution in [1.29, 1.82) is 0 Å². The van der Waals surface area contributed by atoms with Crippen LogP contribution in [0.1, 0.15) is 15.9 Å². The Bertz CT molecular complexity index is 843. The molecule has 1 amide bonds. The van der Waals surface area contributed by atoms with Gasteiger partial charge in [-0.15, -0.1) is 0 Å². The molecule has 29 heavy (non-hydrogen) atoms. The molecule has 0 atom stereocenters. The van der Waals surface area contributed by atoms with Crippen LogP contribution >= 0.6 is 0 Å². The van der Waals surface area contributed by atoms with Crippen LogP contribution < -0.4 is 26.6 Å². The highest BCUT2D eigenvalue weighted by Crippen LogP contribution is 2.32. The quantitative estimate of drug-likeness (QED) is 0.674. The molecule has 0 N–H and O–H groups in total. The Kier molecular flexibility index (Phi) is 6.76. The minimum absolute atomic E-state index is 0. The van der Waals surface area contributed by atoms with Crippen molar-refractivity contribution in [1.82, 2.24) is 9.80 Å². The molecular formula is C20H20ClF2N2O4-. The minimum Gasteiger partial charge on any atom is -1.00 e. The van der Waals surface area contributed by atoms with Crippen molar-refractivity contribution in [2.75, 3.05) is 33.0 Å². The van der Waals surface area contributed by atoms with E-state index in [0.29, 0.717) is 18.7 Å². The Hall–Kier alpha value is -2.58. The van der Waals surface area contributed by atoms with Crippen LogP contribution in [0.25, 0.3) is 0 Å². The lowest BCUT2D eigenvalue weighted by Crippen LogP contribution is -3.00. The third kappa shape index (κ3) is 5.07. The zero-order valence-electron chi connectivity index (χ0n) is 15.5. The summed E-state index contributed by atoms with van der Waals surface area (Å²) >= 11 is 0. The van der Waals surface area contributed by atoms with Gasteiger partial charge in [-0.25, -0.2) is 0 Å². The van der Waals surface area contributed by atoms with E-state index in [2.05, 4.69) is 9.64 Å². The van der Waals surface area contributed by atoms with Gasteiger partial charge < -0.3 is 31.5 Å². The van der Waals surface area contributed by atoms with Gasteiger partial charge in [0.2, 0.25) is 6.79 Å². The summed E-state index contributed by atoms with van der Waals surface area (Å²) in [6, 6.07) is 11.7. The van der Waals surface area contributed by atoms with Gasteiger partial charge in [-0.05, 0) is 42.0 Å². The number of halogens is 3. The van der Waals surface area contributed by atoms with Crippen molar-refractivity contribution in [3.05, 3.63) is 53.6 Å². The van der Waals surface area contributed by atoms with E-state index in [1.165, 1.54) is 24.3 Å². The van der Waals surface area contributed by atoms with E-state index < -0.39 is 6.61 Å². The van der Waals surface area contributed by atoms with Crippen molar-refractivity contribution in [2.24, 2.45) is 0 Å². The highest BCUT2D eigenvalue weighted by Gasteiger charge is 2.23. The molecule has 0 radical (unpaired) electrons. The first kappa shape index (κ1) is 21.1. The zero-order valence-corrected chi connectivity index (χ0v) is 16.3. The second-order valence-electron chi connectivity index (χ2n) is 6.66. The number of carbonyl (C=O) groups is 1. The van der Waals surface area contributed by atoms with Gasteiger partial charge in [0, 0.05) is 38.3 Å². The number of piperazine rings is 1. The molecule has 0 unspecified atom stereocenters. The largest absolute Gasteiger partial charge is 1.00 e. The summed E-state index contributed by atoms with van der Waals surface area (Å²) in [5.74, 6) is 1.47. The van der Waals surface area contributed by atoms with Crippen LogP contribution in [-0.4, -0.2) is 55.3 Å². The van der Waals surface area contributed by atoms with Gasteiger partial charge in [0.15, 0.2) is 11.5 Å². The second-order valence-corrected chi connectivity index (χ2v) is 6.66. The molecule has 2 aliphatic heterocycles. The molecule has 2 heterocycles. The third-order valence-electron chi connectivity index (χ3n) is 4.83. The maximum atomic E-state index is 12.6. The Morgan fingerprint density at radius 1 is 1.00 bits per heavy atom. The van der Waals surface area contributed by atoms with Gasteiger partial charge in [-0.2, -0.15) is 8.78 Å². The number of fused-ring (bicyclic) bond motifs is 1. The van der Waals surface area contributed by atoms with Gasteiger partial charge >= 0.3 is 6.61 Å². The number of carbonyl (C=O) groups excluding carboxylic acids is 1. The maximum absolute atomic E-state index is 12.6. The lowest BCUT2D eigenvalue weighted by Gasteiger charge is -2.34. The summed E-state index contributed by atoms with van der Waals surface area (Å²) in [4.78, 5) is 16.7. The van der Waals surface area contributed by atoms with Gasteiger partial charge in [0.05, 0.1) is 0 Å². The Labute approximate surface area is 173 Å². The van der Waals surface area contributed by atoms with E-state index >= 15 is 0 Å². The maximum Gasteiger partial charge on any atom is 0.387 e. The van der Waals surface area contributed by atoms with Gasteiger partial charge in [0.25, 0.3) is 5.91 Å². The highest BCUT2D eigenvalue weighted by molar-refractivity contribution is 5.94. The monoisotopic (exact) mass is 425 g/mol. The molecule has 0 bridgehead atoms. The van der Waals surface area contributed by atoms with Gasteiger partial charge in [0.1, 0.15) is 5.75 Å². The van der Waals surface area contributed by atoms with Crippen LogP contribution in [0.4, 0.5) is 8.78 Å². The van der Waals surface area contributed by atoms with E-state index in [-0.39, 0.29) is 30.9 Å². The van der Waals surface area contributed by atoms with Crippen molar-refractivity contribution in [2.45, 2.75) is 13.2 Å². The molecule has 9 heteroatoms. The van der Waals surface area contributed by atoms with E-state index in [0.717, 1.165) is 36.7 Å². The van der Waals surface area contributed by atoms with Crippen LogP contribution in [-0.2, 0) is 6.54 Å². The molecule has 2 aromatic rings. The van der Waals surface area contributed by atoms with E-state index in [9.17, 15) is 13.6 Å². The number of hydrogen-bond acceptors (Lipinski definition) is 5. The van der Waals surface area contributed by atoms with Crippen molar-refractivity contribution >= 4 is 5.91 Å². The predicted octanol–water partition coefficient (Wildman–Crippen LogP) is -0.0213. The summed E-state index contributed by atoms with van der Waals surface area (Å²) in [5, 5.41) is 0. The van der Waals surface area contributed by atoms with Crippen molar-refractivity contribution in [3.63, 3.8) is 0 Å². The summed E-state index contributed by atoms with van der Waals surface area (Å²) < 4.78 is 39.5. The lowest BCUT2D eigenvalue weighted by atomic mass is 10.1. The molecule has 0 saturated carbocycles. The fourth-order valence-corrected chi connectivity index (χ4v) is 3.37. The van der Waals surface area contributed by atoms with E-state index in [1.807, 2.05) is 18.2 Å². The molecule has 6 nitrogen and oxygen atoms in total. The molecule has 156 valence electrons. The Morgan fingerprint density at radius 3 is 2.38 bits per heavy atom. The second kappa shape index (κ2) is 9.28. The number of ether oxygens (including phenoxy) is 3. The SMILES string of the molecule is O=C(c1ccc(OC(F)F)cc1)N1CCN(Cc2ccc3c(c2)OCO3)CC1.[Cl-]. The standard InChI is InChI=1S/C20H20F2N2O4.ClH/c21-20(22)28-16-4-2-15(3-5-16)19(25)24-9-7-23(8-10-24)12-14-1-6-17-18(11-14)27-13-26-17;/h1-6,11,20H,7-10,12-13H2;1H/p-1. The number of nitrogens with zero attached hydrogens (tertiary/aromatic N) is 2. The molecule has 0 aromatic heterocycles. The number of benzene rings is 2. The number of rotatable bonds is 5. The Morgan fingerprint density at radius 2 is 1.69 bits per heavy atom. The van der Waals surface area contributed by atoms with E-state index in [4.69, 9.17) is 9.47 Å². The van der Waals surface area contributed by atoms with Crippen molar-refractivity contribution < 1.29 is 40.2 Å². The van der Waals surface area contributed by atoms with Crippen molar-refractivity contribution in [3.8, 4) is 17.2 Å². The summed E-state index contributed by atoms with van der Waals surface area (Å²) in [6.45, 7) is 0.892. The number of hydrogen-bond donors (Lipinski definition) is 0. The number of amides is 1. The predicted molar refractivity (Wildman–Crippen MR) is 96.8 cm³/mol. The Balaban J connectivity index is 0.00000240. The van der Waals surface area contributed by atoms with E-state index in [1.54, 1.807) is 4.90 Å². The van der Waals surface area contributed by atoms with Crippen LogP contribution in [0.15, 0.2) is 42.5 Å². The molecule has 4 rings (SSSR count). The molecule has 1 saturated heterocycles. The average molecular weight is 426 g/mol. The van der Waals surface area contributed by atoms with Crippen LogP contribution in [0.5, 0.6) is 17.2 Å². The summed E-state index contributed by atoms with van der Waals surface area (Å²) in [7, 11) is 0. The molecule has 1 fully saturated rings. The topological polar surface area (TPSA) is 51.2 Å². The minimum atomic E-state index is -2.88. The number of alkyl halides is 2. The van der Waals surface area contributed by atoms with Crippen LogP contribution in [0.3, 0.4) is 0 Å². The average Bonchev–Trinajstić information content (AvgIpc) is 3.16. The molecule has 0 aliphatic carbocycles. The molecule has 2 aromatic carbocycles. The van der Waals surface area contributed by atoms with Gasteiger partial charge in [-0.1, -0.05) is 6.07 Å². The molecule has 2 aliphatic rings. The summed E-state index contributed by atoms with van der Waals surface area (Å²) in [5.41, 5.74) is 1.60. The molecule has 0 spiro atoms. The normalized spacial score (nSPS) is 15.9. The molecular weight excluding hydrogens is 406 g/mol. The van der Waals surface area contributed by atoms with Crippen LogP contribution in [0, 0.1) is 0 Å². The van der Waals surface area contributed by atoms with Gasteiger partial charge in [-0.3, -0.25) is 9.69 Å². The first-order chi connectivity index (χ1) is 13.6. The smallest absolute Gasteiger partial charge is 0.387 e. The fourth-order valence-electron chi connectivity index (χ4n) is 3.37. The highest BCUT2D eigenvalue weighted by atomic mass is 35.5. The lowest BCUT2D eigenvalue weighted by molar-refractivity contribution is -0.0498. The van der Waals surface area contributed by atoms with Crippen LogP contribution in [0.2, 0.25) is 0 Å². The zero-order chi connectivity index (χ0) is 19.5. The fraction of sp³-hybridized carbons (Fsp3) is 0.350. The summed E-state index contributed by atoms with van der Waals surface area (Å²) in [6.07, 6.45) is 0. The third-order valence-corrected chi connectivity index (χ3v) is 4.83.